The first-order chi connectivity index (χ1) is 19.4. The molecule has 0 saturated heterocycles. The van der Waals surface area contributed by atoms with Crippen LogP contribution in [0.1, 0.15) is 69.1 Å². The zero-order valence-electron chi connectivity index (χ0n) is 23.0. The van der Waals surface area contributed by atoms with Gasteiger partial charge in [-0.25, -0.2) is 19.2 Å². The van der Waals surface area contributed by atoms with Crippen LogP contribution >= 0.6 is 0 Å². The molecule has 0 spiro atoms. The average molecular weight is 545 g/mol. The Morgan fingerprint density at radius 3 is 0.850 bits per heavy atom. The van der Waals surface area contributed by atoms with Gasteiger partial charge in [-0.1, -0.05) is 48.5 Å². The van der Waals surface area contributed by atoms with Crippen molar-refractivity contribution in [2.45, 2.75) is 27.7 Å². The molecule has 4 aromatic rings. The smallest absolute Gasteiger partial charge is 0.338 e. The van der Waals surface area contributed by atoms with Gasteiger partial charge in [0.2, 0.25) is 0 Å². The summed E-state index contributed by atoms with van der Waals surface area (Å²) in [7, 11) is 0. The van der Waals surface area contributed by atoms with E-state index in [0.29, 0.717) is 33.0 Å². The topological polar surface area (TPSA) is 105 Å². The first-order valence-electron chi connectivity index (χ1n) is 13.1. The molecule has 8 nitrogen and oxygen atoms in total. The Hall–Kier alpha value is -4.72. The number of benzene rings is 4. The van der Waals surface area contributed by atoms with E-state index in [9.17, 15) is 19.2 Å². The number of fused-ring (bicyclic) bond motifs is 2. The van der Waals surface area contributed by atoms with E-state index in [-0.39, 0.29) is 26.4 Å². The summed E-state index contributed by atoms with van der Waals surface area (Å²) in [4.78, 5) is 48.1. The van der Waals surface area contributed by atoms with Gasteiger partial charge in [0.25, 0.3) is 0 Å². The van der Waals surface area contributed by atoms with E-state index >= 15 is 0 Å². The van der Waals surface area contributed by atoms with Crippen molar-refractivity contribution in [1.82, 2.24) is 0 Å². The summed E-state index contributed by atoms with van der Waals surface area (Å²) in [6.07, 6.45) is 0. The lowest BCUT2D eigenvalue weighted by atomic mass is 9.99. The largest absolute Gasteiger partial charge is 0.462 e. The van der Waals surface area contributed by atoms with Gasteiger partial charge in [0, 0.05) is 10.8 Å². The molecule has 0 radical (unpaired) electrons. The fourth-order valence-electron chi connectivity index (χ4n) is 4.20. The summed E-state index contributed by atoms with van der Waals surface area (Å²) in [5.74, 6) is -1.74. The quantitative estimate of drug-likeness (QED) is 0.186. The molecule has 0 aromatic heterocycles. The van der Waals surface area contributed by atoms with Crippen molar-refractivity contribution < 1.29 is 38.1 Å². The normalized spacial score (nSPS) is 10.3. The van der Waals surface area contributed by atoms with Crippen LogP contribution in [0.3, 0.4) is 0 Å². The van der Waals surface area contributed by atoms with Crippen molar-refractivity contribution >= 4 is 45.4 Å². The van der Waals surface area contributed by atoms with Crippen LogP contribution in [0, 0.1) is 0 Å². The summed E-state index contributed by atoms with van der Waals surface area (Å²) >= 11 is 0. The van der Waals surface area contributed by atoms with E-state index in [1.165, 1.54) is 0 Å². The average Bonchev–Trinajstić information content (AvgIpc) is 2.96. The highest BCUT2D eigenvalue weighted by Gasteiger charge is 2.19. The van der Waals surface area contributed by atoms with Crippen molar-refractivity contribution in [2.24, 2.45) is 0 Å². The van der Waals surface area contributed by atoms with Gasteiger partial charge in [-0.15, -0.1) is 0 Å². The molecule has 0 saturated carbocycles. The highest BCUT2D eigenvalue weighted by atomic mass is 16.5. The zero-order valence-corrected chi connectivity index (χ0v) is 23.0. The molecule has 208 valence electrons. The summed E-state index contributed by atoms with van der Waals surface area (Å²) in [5, 5.41) is 2.76. The Kier molecular flexibility index (Phi) is 10.8. The first kappa shape index (κ1) is 29.8. The molecule has 0 aliphatic carbocycles. The van der Waals surface area contributed by atoms with Crippen LogP contribution in [-0.4, -0.2) is 50.3 Å². The van der Waals surface area contributed by atoms with E-state index in [0.717, 1.165) is 10.8 Å². The number of esters is 4. The lowest BCUT2D eigenvalue weighted by Gasteiger charge is -2.10. The van der Waals surface area contributed by atoms with Crippen LogP contribution in [0.25, 0.3) is 21.5 Å². The standard InChI is InChI=1S/2C16H16O4/c2*1-3-19-15(17)12-9-5-7-11-8-6-10-13(14(11)12)16(18)20-4-2/h2*5-10H,3-4H2,1-2H3. The van der Waals surface area contributed by atoms with Crippen LogP contribution in [0.2, 0.25) is 0 Å². The Morgan fingerprint density at radius 1 is 0.425 bits per heavy atom. The molecule has 0 amide bonds. The molecular weight excluding hydrogens is 512 g/mol. The molecule has 0 unspecified atom stereocenters. The van der Waals surface area contributed by atoms with Crippen LogP contribution in [0.5, 0.6) is 0 Å². The Labute approximate surface area is 232 Å². The maximum absolute atomic E-state index is 12.0. The highest BCUT2D eigenvalue weighted by molar-refractivity contribution is 6.14. The summed E-state index contributed by atoms with van der Waals surface area (Å²) in [6, 6.07) is 21.1. The molecule has 0 heterocycles. The third-order valence-corrected chi connectivity index (χ3v) is 5.79. The van der Waals surface area contributed by atoms with E-state index in [2.05, 4.69) is 0 Å². The lowest BCUT2D eigenvalue weighted by molar-refractivity contribution is 0.0511. The number of carbonyl (C=O) groups is 4. The van der Waals surface area contributed by atoms with Crippen LogP contribution in [-0.2, 0) is 18.9 Å². The number of hydrogen-bond donors (Lipinski definition) is 0. The number of rotatable bonds is 8. The third-order valence-electron chi connectivity index (χ3n) is 5.79. The van der Waals surface area contributed by atoms with Gasteiger partial charge < -0.3 is 18.9 Å². The molecule has 0 aliphatic rings. The van der Waals surface area contributed by atoms with Gasteiger partial charge in [0.1, 0.15) is 0 Å². The van der Waals surface area contributed by atoms with Crippen molar-refractivity contribution in [3.8, 4) is 0 Å². The lowest BCUT2D eigenvalue weighted by Crippen LogP contribution is -2.10. The second-order valence-electron chi connectivity index (χ2n) is 8.30. The zero-order chi connectivity index (χ0) is 29.1. The molecule has 0 fully saturated rings. The number of ether oxygens (including phenoxy) is 4. The van der Waals surface area contributed by atoms with Crippen LogP contribution in [0.15, 0.2) is 72.8 Å². The third kappa shape index (κ3) is 6.83. The van der Waals surface area contributed by atoms with Gasteiger partial charge in [0.15, 0.2) is 0 Å². The second kappa shape index (κ2) is 14.4. The van der Waals surface area contributed by atoms with E-state index in [1.54, 1.807) is 76.2 Å². The van der Waals surface area contributed by atoms with Gasteiger partial charge >= 0.3 is 23.9 Å². The summed E-state index contributed by atoms with van der Waals surface area (Å²) in [6.45, 7) is 8.14. The molecule has 0 atom stereocenters. The molecule has 4 rings (SSSR count). The maximum Gasteiger partial charge on any atom is 0.338 e. The Balaban J connectivity index is 0.000000220. The minimum atomic E-state index is -0.435. The van der Waals surface area contributed by atoms with Crippen LogP contribution < -0.4 is 0 Å². The molecule has 0 aliphatic heterocycles. The van der Waals surface area contributed by atoms with Crippen molar-refractivity contribution in [3.63, 3.8) is 0 Å². The Morgan fingerprint density at radius 2 is 0.650 bits per heavy atom. The summed E-state index contributed by atoms with van der Waals surface area (Å²) < 4.78 is 20.2. The first-order valence-corrected chi connectivity index (χ1v) is 13.1. The molecule has 40 heavy (non-hydrogen) atoms. The Bertz CT molecular complexity index is 1300. The van der Waals surface area contributed by atoms with Gasteiger partial charge in [-0.2, -0.15) is 0 Å². The SMILES string of the molecule is CCOC(=O)c1cccc2cccc(C(=O)OCC)c12.CCOC(=O)c1cccc2cccc(C(=O)OCC)c12. The van der Waals surface area contributed by atoms with Gasteiger partial charge in [-0.3, -0.25) is 0 Å². The van der Waals surface area contributed by atoms with E-state index in [1.807, 2.05) is 24.3 Å². The fraction of sp³-hybridized carbons (Fsp3) is 0.250. The fourth-order valence-corrected chi connectivity index (χ4v) is 4.20. The van der Waals surface area contributed by atoms with Gasteiger partial charge in [-0.05, 0) is 62.7 Å². The molecule has 4 aromatic carbocycles. The van der Waals surface area contributed by atoms with Crippen molar-refractivity contribution in [1.29, 1.82) is 0 Å². The summed E-state index contributed by atoms with van der Waals surface area (Å²) in [5.41, 5.74) is 1.53. The molecule has 0 bridgehead atoms. The molecule has 0 N–H and O–H groups in total. The maximum atomic E-state index is 12.0. The second-order valence-corrected chi connectivity index (χ2v) is 8.30. The van der Waals surface area contributed by atoms with E-state index < -0.39 is 23.9 Å². The predicted molar refractivity (Wildman–Crippen MR) is 152 cm³/mol. The minimum Gasteiger partial charge on any atom is -0.462 e. The number of hydrogen-bond acceptors (Lipinski definition) is 8. The molecule has 8 heteroatoms. The van der Waals surface area contributed by atoms with Crippen LogP contribution in [0.4, 0.5) is 0 Å². The van der Waals surface area contributed by atoms with Gasteiger partial charge in [0.05, 0.1) is 48.7 Å². The van der Waals surface area contributed by atoms with E-state index in [4.69, 9.17) is 18.9 Å². The minimum absolute atomic E-state index is 0.288. The van der Waals surface area contributed by atoms with Crippen molar-refractivity contribution in [3.05, 3.63) is 95.1 Å². The highest BCUT2D eigenvalue weighted by Crippen LogP contribution is 2.26. The monoisotopic (exact) mass is 544 g/mol. The number of carbonyl (C=O) groups excluding carboxylic acids is 4. The molecular formula is C32H32O8. The predicted octanol–water partition coefficient (Wildman–Crippen LogP) is 6.39. The van der Waals surface area contributed by atoms with Crippen molar-refractivity contribution in [2.75, 3.05) is 26.4 Å².